The van der Waals surface area contributed by atoms with E-state index in [1.165, 1.54) is 5.56 Å². The maximum atomic E-state index is 6.56. The highest BCUT2D eigenvalue weighted by Crippen LogP contribution is 2.57. The van der Waals surface area contributed by atoms with Gasteiger partial charge in [-0.05, 0) is 33.3 Å². The molecule has 2 aliphatic rings. The summed E-state index contributed by atoms with van der Waals surface area (Å²) >= 11 is 0. The monoisotopic (exact) mass is 333 g/mol. The molecule has 3 nitrogen and oxygen atoms in total. The van der Waals surface area contributed by atoms with Crippen LogP contribution in [0.4, 0.5) is 0 Å². The highest BCUT2D eigenvalue weighted by Gasteiger charge is 2.61. The molecular formula is C18H30BO3Si-. The first-order valence-electron chi connectivity index (χ1n) is 8.74. The van der Waals surface area contributed by atoms with Gasteiger partial charge in [-0.3, -0.25) is 0 Å². The van der Waals surface area contributed by atoms with Gasteiger partial charge >= 0.3 is 6.75 Å². The van der Waals surface area contributed by atoms with Gasteiger partial charge in [-0.1, -0.05) is 61.8 Å². The van der Waals surface area contributed by atoms with Crippen molar-refractivity contribution in [2.75, 3.05) is 0 Å². The fourth-order valence-electron chi connectivity index (χ4n) is 3.97. The molecule has 23 heavy (non-hydrogen) atoms. The highest BCUT2D eigenvalue weighted by atomic mass is 28.3. The van der Waals surface area contributed by atoms with E-state index in [-0.39, 0.29) is 17.3 Å². The minimum absolute atomic E-state index is 0.0672. The molecule has 0 aromatic heterocycles. The second-order valence-corrected chi connectivity index (χ2v) is 14.7. The van der Waals surface area contributed by atoms with Crippen molar-refractivity contribution in [3.05, 3.63) is 35.9 Å². The van der Waals surface area contributed by atoms with Crippen LogP contribution < -0.4 is 0 Å². The van der Waals surface area contributed by atoms with Crippen molar-refractivity contribution >= 4 is 14.8 Å². The molecule has 2 heterocycles. The molecule has 1 aromatic carbocycles. The van der Waals surface area contributed by atoms with E-state index in [9.17, 15) is 0 Å². The number of hydrogen-bond acceptors (Lipinski definition) is 3. The molecule has 1 spiro atoms. The van der Waals surface area contributed by atoms with Gasteiger partial charge in [-0.25, -0.2) is 0 Å². The molecule has 2 saturated heterocycles. The van der Waals surface area contributed by atoms with Crippen molar-refractivity contribution in [2.24, 2.45) is 0 Å². The van der Waals surface area contributed by atoms with Crippen LogP contribution in [0, 0.1) is 0 Å². The van der Waals surface area contributed by atoms with Gasteiger partial charge in [0.05, 0.1) is 0 Å². The quantitative estimate of drug-likeness (QED) is 0.718. The summed E-state index contributed by atoms with van der Waals surface area (Å²) in [6, 6.07) is 10.5. The largest absolute Gasteiger partial charge is 0.539 e. The van der Waals surface area contributed by atoms with Crippen LogP contribution in [-0.4, -0.2) is 26.0 Å². The van der Waals surface area contributed by atoms with Crippen molar-refractivity contribution < 1.29 is 14.0 Å². The van der Waals surface area contributed by atoms with Crippen molar-refractivity contribution in [1.29, 1.82) is 0 Å². The average Bonchev–Trinajstić information content (AvgIpc) is 2.85. The smallest absolute Gasteiger partial charge is 0.380 e. The van der Waals surface area contributed by atoms with Crippen molar-refractivity contribution in [3.63, 3.8) is 0 Å². The first kappa shape index (κ1) is 17.2. The zero-order valence-corrected chi connectivity index (χ0v) is 16.6. The zero-order chi connectivity index (χ0) is 17.1. The number of benzene rings is 1. The molecule has 128 valence electrons. The van der Waals surface area contributed by atoms with Crippen LogP contribution in [0.25, 0.3) is 0 Å². The summed E-state index contributed by atoms with van der Waals surface area (Å²) in [5, 5.41) is 0. The highest BCUT2D eigenvalue weighted by molar-refractivity contribution is 6.91. The van der Waals surface area contributed by atoms with Crippen molar-refractivity contribution in [3.8, 4) is 0 Å². The third-order valence-electron chi connectivity index (χ3n) is 5.97. The third-order valence-corrected chi connectivity index (χ3v) is 8.83. The minimum Gasteiger partial charge on any atom is -0.539 e. The lowest BCUT2D eigenvalue weighted by Gasteiger charge is -2.43. The molecule has 2 atom stereocenters. The Bertz CT molecular complexity index is 564. The molecule has 0 aliphatic carbocycles. The predicted molar refractivity (Wildman–Crippen MR) is 98.1 cm³/mol. The standard InChI is InChI=1S/C18H30BO3Si/c1-17(2)18(3,4)22-19(21-17)16(23(5,6)7)13-15(20-19)14-11-9-8-10-12-14/h8-12,15-16H,13H2,1-7H3/q-1/t15-,16-/m0/s1. The molecular weight excluding hydrogens is 303 g/mol. The van der Waals surface area contributed by atoms with E-state index >= 15 is 0 Å². The van der Waals surface area contributed by atoms with Crippen LogP contribution in [0.2, 0.25) is 25.1 Å². The van der Waals surface area contributed by atoms with Crippen LogP contribution in [0.15, 0.2) is 30.3 Å². The Morgan fingerprint density at radius 1 is 0.957 bits per heavy atom. The molecule has 0 bridgehead atoms. The molecule has 3 rings (SSSR count). The van der Waals surface area contributed by atoms with E-state index in [4.69, 9.17) is 14.0 Å². The summed E-state index contributed by atoms with van der Waals surface area (Å²) in [6.45, 7) is 13.9. The Kier molecular flexibility index (Phi) is 3.88. The molecule has 0 N–H and O–H groups in total. The molecule has 5 heteroatoms. The lowest BCUT2D eigenvalue weighted by Crippen LogP contribution is -2.51. The second-order valence-electron chi connectivity index (χ2n) is 9.20. The van der Waals surface area contributed by atoms with Gasteiger partial charge in [0.15, 0.2) is 0 Å². The fraction of sp³-hybridized carbons (Fsp3) is 0.667. The molecule has 0 saturated carbocycles. The van der Waals surface area contributed by atoms with Crippen LogP contribution in [-0.2, 0) is 14.0 Å². The number of rotatable bonds is 2. The van der Waals surface area contributed by atoms with Crippen molar-refractivity contribution in [2.45, 2.75) is 76.5 Å². The molecule has 2 fully saturated rings. The van der Waals surface area contributed by atoms with Crippen LogP contribution in [0.3, 0.4) is 0 Å². The van der Waals surface area contributed by atoms with E-state index in [0.29, 0.717) is 5.44 Å². The van der Waals surface area contributed by atoms with Crippen molar-refractivity contribution in [1.82, 2.24) is 0 Å². The molecule has 1 aromatic rings. The molecule has 0 amide bonds. The van der Waals surface area contributed by atoms with Gasteiger partial charge in [-0.15, -0.1) is 0 Å². The lowest BCUT2D eigenvalue weighted by atomic mass is 9.74. The minimum atomic E-state index is -1.71. The Morgan fingerprint density at radius 3 is 1.96 bits per heavy atom. The third kappa shape index (κ3) is 2.82. The lowest BCUT2D eigenvalue weighted by molar-refractivity contribution is 0.00578. The van der Waals surface area contributed by atoms with Gasteiger partial charge in [0.25, 0.3) is 0 Å². The molecule has 2 aliphatic heterocycles. The Morgan fingerprint density at radius 2 is 1.48 bits per heavy atom. The summed E-state index contributed by atoms with van der Waals surface area (Å²) in [6.07, 6.45) is 1.06. The number of hydrogen-bond donors (Lipinski definition) is 0. The Balaban J connectivity index is 1.98. The van der Waals surface area contributed by atoms with Crippen LogP contribution in [0.1, 0.15) is 45.8 Å². The first-order valence-corrected chi connectivity index (χ1v) is 12.3. The maximum Gasteiger partial charge on any atom is 0.380 e. The average molecular weight is 333 g/mol. The summed E-state index contributed by atoms with van der Waals surface area (Å²) in [4.78, 5) is 0. The summed E-state index contributed by atoms with van der Waals surface area (Å²) in [5.41, 5.74) is 0.894. The topological polar surface area (TPSA) is 27.7 Å². The van der Waals surface area contributed by atoms with E-state index in [1.54, 1.807) is 0 Å². The van der Waals surface area contributed by atoms with E-state index in [0.717, 1.165) is 6.42 Å². The maximum absolute atomic E-state index is 6.56. The van der Waals surface area contributed by atoms with E-state index < -0.39 is 14.8 Å². The normalized spacial score (nSPS) is 31.6. The predicted octanol–water partition coefficient (Wildman–Crippen LogP) is 4.94. The van der Waals surface area contributed by atoms with Gasteiger partial charge in [0.2, 0.25) is 0 Å². The van der Waals surface area contributed by atoms with E-state index in [1.807, 2.05) is 6.07 Å². The zero-order valence-electron chi connectivity index (χ0n) is 15.6. The first-order chi connectivity index (χ1) is 10.5. The fourth-order valence-corrected chi connectivity index (χ4v) is 6.33. The summed E-state index contributed by atoms with van der Waals surface area (Å²) in [7, 11) is -1.51. The second kappa shape index (κ2) is 5.19. The van der Waals surface area contributed by atoms with Gasteiger partial charge in [-0.2, -0.15) is 0 Å². The van der Waals surface area contributed by atoms with Crippen LogP contribution >= 0.6 is 0 Å². The van der Waals surface area contributed by atoms with Gasteiger partial charge in [0.1, 0.15) is 0 Å². The van der Waals surface area contributed by atoms with Crippen LogP contribution in [0.5, 0.6) is 0 Å². The summed E-state index contributed by atoms with van der Waals surface area (Å²) in [5.74, 6) is 0. The van der Waals surface area contributed by atoms with E-state index in [2.05, 4.69) is 71.6 Å². The van der Waals surface area contributed by atoms with Gasteiger partial charge in [0, 0.05) is 25.4 Å². The molecule has 0 unspecified atom stereocenters. The Hall–Kier alpha value is -0.618. The molecule has 0 radical (unpaired) electrons. The van der Waals surface area contributed by atoms with Gasteiger partial charge < -0.3 is 14.0 Å². The summed E-state index contributed by atoms with van der Waals surface area (Å²) < 4.78 is 19.7. The Labute approximate surface area is 141 Å². The SMILES string of the molecule is CC1(C)O[B-]2(O[C@H](c3ccccc3)C[C@@H]2[Si](C)(C)C)OC1(C)C.